The quantitative estimate of drug-likeness (QED) is 0.846. The van der Waals surface area contributed by atoms with Crippen LogP contribution in [0.25, 0.3) is 0 Å². The summed E-state index contributed by atoms with van der Waals surface area (Å²) < 4.78 is 0. The number of hydrogen-bond acceptors (Lipinski definition) is 3. The zero-order chi connectivity index (χ0) is 20.9. The van der Waals surface area contributed by atoms with Crippen molar-refractivity contribution in [2.45, 2.75) is 76.7 Å². The highest BCUT2D eigenvalue weighted by atomic mass is 16.3. The third-order valence-electron chi connectivity index (χ3n) is 7.35. The largest absolute Gasteiger partial charge is 0.388 e. The van der Waals surface area contributed by atoms with Crippen LogP contribution >= 0.6 is 0 Å². The van der Waals surface area contributed by atoms with Crippen molar-refractivity contribution in [1.82, 2.24) is 4.90 Å². The van der Waals surface area contributed by atoms with Crippen LogP contribution < -0.4 is 4.90 Å². The van der Waals surface area contributed by atoms with Gasteiger partial charge in [0.1, 0.15) is 0 Å². The molecule has 0 bridgehead atoms. The van der Waals surface area contributed by atoms with Gasteiger partial charge in [0.15, 0.2) is 0 Å². The molecule has 0 atom stereocenters. The van der Waals surface area contributed by atoms with Gasteiger partial charge in [0.2, 0.25) is 11.8 Å². The molecule has 0 aromatic heterocycles. The summed E-state index contributed by atoms with van der Waals surface area (Å²) in [5, 5.41) is 11.1. The Kier molecular flexibility index (Phi) is 5.01. The van der Waals surface area contributed by atoms with E-state index in [1.807, 2.05) is 4.90 Å². The van der Waals surface area contributed by atoms with E-state index >= 15 is 0 Å². The summed E-state index contributed by atoms with van der Waals surface area (Å²) in [5.74, 6) is 0.362. The van der Waals surface area contributed by atoms with Gasteiger partial charge in [-0.25, -0.2) is 0 Å². The second kappa shape index (κ2) is 7.12. The van der Waals surface area contributed by atoms with Gasteiger partial charge in [0, 0.05) is 31.7 Å². The lowest BCUT2D eigenvalue weighted by Crippen LogP contribution is -2.49. The smallest absolute Gasteiger partial charge is 0.233 e. The van der Waals surface area contributed by atoms with Gasteiger partial charge in [-0.2, -0.15) is 0 Å². The SMILES string of the molecule is CC(C)(C)c1ccc(N2CCC3(CCC(O)(CN4CCCC4=O)CC3)C2=O)cc1. The number of hydrogen-bond donors (Lipinski definition) is 1. The van der Waals surface area contributed by atoms with Gasteiger partial charge in [-0.05, 0) is 61.6 Å². The number of carbonyl (C=O) groups excluding carboxylic acids is 2. The van der Waals surface area contributed by atoms with Crippen molar-refractivity contribution in [2.75, 3.05) is 24.5 Å². The molecule has 1 saturated carbocycles. The van der Waals surface area contributed by atoms with Crippen LogP contribution in [0, 0.1) is 5.41 Å². The molecule has 1 N–H and O–H groups in total. The van der Waals surface area contributed by atoms with Crippen LogP contribution in [0.1, 0.15) is 71.3 Å². The number of amides is 2. The van der Waals surface area contributed by atoms with Gasteiger partial charge in [-0.3, -0.25) is 9.59 Å². The minimum Gasteiger partial charge on any atom is -0.388 e. The molecule has 29 heavy (non-hydrogen) atoms. The molecule has 5 heteroatoms. The molecule has 4 rings (SSSR count). The van der Waals surface area contributed by atoms with E-state index in [0.717, 1.165) is 31.6 Å². The van der Waals surface area contributed by atoms with E-state index in [2.05, 4.69) is 45.0 Å². The van der Waals surface area contributed by atoms with Crippen LogP contribution in [0.3, 0.4) is 0 Å². The standard InChI is InChI=1S/C24H34N2O3/c1-22(2,3)18-6-8-19(9-7-18)26-16-14-23(21(26)28)10-12-24(29,13-11-23)17-25-15-4-5-20(25)27/h6-9,29H,4-5,10-17H2,1-3H3. The highest BCUT2D eigenvalue weighted by Crippen LogP contribution is 2.49. The third kappa shape index (κ3) is 3.81. The minimum atomic E-state index is -0.840. The predicted molar refractivity (Wildman–Crippen MR) is 114 cm³/mol. The Labute approximate surface area is 174 Å². The van der Waals surface area contributed by atoms with Crippen LogP contribution in [0.5, 0.6) is 0 Å². The van der Waals surface area contributed by atoms with E-state index < -0.39 is 5.60 Å². The molecule has 158 valence electrons. The minimum absolute atomic E-state index is 0.0965. The Morgan fingerprint density at radius 2 is 1.62 bits per heavy atom. The average molecular weight is 399 g/mol. The van der Waals surface area contributed by atoms with Crippen LogP contribution in [-0.4, -0.2) is 47.1 Å². The number of nitrogens with zero attached hydrogens (tertiary/aromatic N) is 2. The number of rotatable bonds is 3. The van der Waals surface area contributed by atoms with Crippen molar-refractivity contribution in [3.8, 4) is 0 Å². The number of anilines is 1. The van der Waals surface area contributed by atoms with E-state index in [4.69, 9.17) is 0 Å². The summed E-state index contributed by atoms with van der Waals surface area (Å²) in [4.78, 5) is 29.0. The fourth-order valence-electron chi connectivity index (χ4n) is 5.25. The summed E-state index contributed by atoms with van der Waals surface area (Å²) >= 11 is 0. The molecule has 1 aromatic rings. The van der Waals surface area contributed by atoms with Gasteiger partial charge < -0.3 is 14.9 Å². The number of benzene rings is 1. The third-order valence-corrected chi connectivity index (χ3v) is 7.35. The fourth-order valence-corrected chi connectivity index (χ4v) is 5.25. The highest BCUT2D eigenvalue weighted by molar-refractivity contribution is 6.00. The molecule has 2 amide bonds. The molecule has 1 spiro atoms. The summed E-state index contributed by atoms with van der Waals surface area (Å²) in [6, 6.07) is 8.38. The second-order valence-electron chi connectivity index (χ2n) is 10.4. The normalized spacial score (nSPS) is 30.6. The lowest BCUT2D eigenvalue weighted by Gasteiger charge is -2.42. The first-order valence-corrected chi connectivity index (χ1v) is 11.0. The number of carbonyl (C=O) groups is 2. The van der Waals surface area contributed by atoms with Crippen molar-refractivity contribution in [1.29, 1.82) is 0 Å². The number of β-amino-alcohol motifs (C(OH)–C–C–N with tert-alkyl or cyclic N) is 1. The maximum Gasteiger partial charge on any atom is 0.233 e. The first-order valence-electron chi connectivity index (χ1n) is 11.0. The number of likely N-dealkylation sites (tertiary alicyclic amines) is 1. The van der Waals surface area contributed by atoms with Crippen molar-refractivity contribution in [3.63, 3.8) is 0 Å². The van der Waals surface area contributed by atoms with E-state index in [1.54, 1.807) is 4.90 Å². The van der Waals surface area contributed by atoms with Crippen LogP contribution in [-0.2, 0) is 15.0 Å². The Bertz CT molecular complexity index is 785. The van der Waals surface area contributed by atoms with Crippen molar-refractivity contribution >= 4 is 17.5 Å². The lowest BCUT2D eigenvalue weighted by molar-refractivity contribution is -0.137. The van der Waals surface area contributed by atoms with Gasteiger partial charge in [0.05, 0.1) is 11.0 Å². The highest BCUT2D eigenvalue weighted by Gasteiger charge is 2.52. The zero-order valence-electron chi connectivity index (χ0n) is 18.0. The van der Waals surface area contributed by atoms with Crippen molar-refractivity contribution in [2.24, 2.45) is 5.41 Å². The molecule has 2 saturated heterocycles. The molecule has 2 heterocycles. The molecular weight excluding hydrogens is 364 g/mol. The zero-order valence-corrected chi connectivity index (χ0v) is 18.0. The lowest BCUT2D eigenvalue weighted by atomic mass is 9.67. The van der Waals surface area contributed by atoms with Crippen molar-refractivity contribution in [3.05, 3.63) is 29.8 Å². The van der Waals surface area contributed by atoms with Crippen molar-refractivity contribution < 1.29 is 14.7 Å². The van der Waals surface area contributed by atoms with E-state index in [1.165, 1.54) is 5.56 Å². The summed E-state index contributed by atoms with van der Waals surface area (Å²) in [6.07, 6.45) is 4.95. The van der Waals surface area contributed by atoms with Gasteiger partial charge >= 0.3 is 0 Å². The Hall–Kier alpha value is -1.88. The Morgan fingerprint density at radius 1 is 0.966 bits per heavy atom. The summed E-state index contributed by atoms with van der Waals surface area (Å²) in [5.41, 5.74) is 1.15. The first-order chi connectivity index (χ1) is 13.6. The van der Waals surface area contributed by atoms with Gasteiger partial charge in [0.25, 0.3) is 0 Å². The second-order valence-corrected chi connectivity index (χ2v) is 10.4. The van der Waals surface area contributed by atoms with Crippen LogP contribution in [0.2, 0.25) is 0 Å². The van der Waals surface area contributed by atoms with Crippen LogP contribution in [0.4, 0.5) is 5.69 Å². The fraction of sp³-hybridized carbons (Fsp3) is 0.667. The first kappa shape index (κ1) is 20.4. The molecule has 1 aromatic carbocycles. The molecule has 3 aliphatic rings. The topological polar surface area (TPSA) is 60.9 Å². The molecule has 0 radical (unpaired) electrons. The Balaban J connectivity index is 1.42. The molecule has 5 nitrogen and oxygen atoms in total. The Morgan fingerprint density at radius 3 is 2.17 bits per heavy atom. The monoisotopic (exact) mass is 398 g/mol. The van der Waals surface area contributed by atoms with Gasteiger partial charge in [-0.15, -0.1) is 0 Å². The molecule has 0 unspecified atom stereocenters. The maximum absolute atomic E-state index is 13.4. The van der Waals surface area contributed by atoms with Crippen LogP contribution in [0.15, 0.2) is 24.3 Å². The van der Waals surface area contributed by atoms with Gasteiger partial charge in [-0.1, -0.05) is 32.9 Å². The molecular formula is C24H34N2O3. The summed E-state index contributed by atoms with van der Waals surface area (Å²) in [7, 11) is 0. The molecule has 3 fully saturated rings. The maximum atomic E-state index is 13.4. The predicted octanol–water partition coefficient (Wildman–Crippen LogP) is 3.63. The molecule has 2 aliphatic heterocycles. The number of aliphatic hydroxyl groups is 1. The van der Waals surface area contributed by atoms with E-state index in [9.17, 15) is 14.7 Å². The summed E-state index contributed by atoms with van der Waals surface area (Å²) in [6.45, 7) is 8.50. The molecule has 1 aliphatic carbocycles. The van der Waals surface area contributed by atoms with E-state index in [-0.39, 0.29) is 22.6 Å². The van der Waals surface area contributed by atoms with E-state index in [0.29, 0.717) is 38.6 Å². The average Bonchev–Trinajstić information content (AvgIpc) is 3.21.